The van der Waals surface area contributed by atoms with Crippen LogP contribution in [0.4, 0.5) is 5.69 Å². The van der Waals surface area contributed by atoms with Gasteiger partial charge in [-0.2, -0.15) is 5.26 Å². The smallest absolute Gasteiger partial charge is 0.240 e. The molecule has 0 spiro atoms. The van der Waals surface area contributed by atoms with Gasteiger partial charge in [-0.1, -0.05) is 38.1 Å². The summed E-state index contributed by atoms with van der Waals surface area (Å²) in [6, 6.07) is 12.8. The molecule has 1 N–H and O–H groups in total. The highest BCUT2D eigenvalue weighted by atomic mass is 16.5. The van der Waals surface area contributed by atoms with Crippen molar-refractivity contribution in [3.05, 3.63) is 42.0 Å². The molecule has 3 unspecified atom stereocenters. The molecular weight excluding hydrogens is 380 g/mol. The predicted molar refractivity (Wildman–Crippen MR) is 113 cm³/mol. The monoisotopic (exact) mass is 406 g/mol. The standard InChI is InChI=1S/C24H26N2O4/c1-4-24(5-2)20-19(23(3,30-24)12-13-27)21(28)26(22(20)29)18-11-10-15(14-25)16-8-6-7-9-17(16)18/h6-11,19-20,27H,4-5,12-13H2,1-3H3. The molecule has 0 bridgehead atoms. The molecule has 2 aromatic rings. The summed E-state index contributed by atoms with van der Waals surface area (Å²) in [5.41, 5.74) is -0.645. The van der Waals surface area contributed by atoms with E-state index in [0.717, 1.165) is 0 Å². The van der Waals surface area contributed by atoms with Crippen LogP contribution in [0.3, 0.4) is 0 Å². The number of carbonyl (C=O) groups is 2. The lowest BCUT2D eigenvalue weighted by molar-refractivity contribution is -0.144. The van der Waals surface area contributed by atoms with Gasteiger partial charge in [-0.3, -0.25) is 9.59 Å². The molecule has 3 atom stereocenters. The normalized spacial score (nSPS) is 27.5. The van der Waals surface area contributed by atoms with E-state index < -0.39 is 23.0 Å². The minimum Gasteiger partial charge on any atom is -0.396 e. The van der Waals surface area contributed by atoms with Gasteiger partial charge in [-0.15, -0.1) is 0 Å². The fourth-order valence-corrected chi connectivity index (χ4v) is 5.48. The van der Waals surface area contributed by atoms with Gasteiger partial charge < -0.3 is 9.84 Å². The molecule has 2 saturated heterocycles. The third kappa shape index (κ3) is 2.62. The van der Waals surface area contributed by atoms with Crippen LogP contribution in [0.2, 0.25) is 0 Å². The highest BCUT2D eigenvalue weighted by Gasteiger charge is 2.69. The predicted octanol–water partition coefficient (Wildman–Crippen LogP) is 3.55. The Hall–Kier alpha value is -2.75. The van der Waals surface area contributed by atoms with Crippen LogP contribution in [0, 0.1) is 23.2 Å². The van der Waals surface area contributed by atoms with Crippen LogP contribution < -0.4 is 4.90 Å². The Morgan fingerprint density at radius 1 is 1.07 bits per heavy atom. The summed E-state index contributed by atoms with van der Waals surface area (Å²) >= 11 is 0. The minimum absolute atomic E-state index is 0.121. The Morgan fingerprint density at radius 3 is 2.30 bits per heavy atom. The number of rotatable bonds is 5. The van der Waals surface area contributed by atoms with Crippen molar-refractivity contribution in [2.75, 3.05) is 11.5 Å². The zero-order chi connectivity index (χ0) is 21.7. The number of aliphatic hydroxyl groups is 1. The number of anilines is 1. The van der Waals surface area contributed by atoms with E-state index in [4.69, 9.17) is 4.74 Å². The molecule has 30 heavy (non-hydrogen) atoms. The van der Waals surface area contributed by atoms with Gasteiger partial charge in [0.05, 0.1) is 40.4 Å². The van der Waals surface area contributed by atoms with Gasteiger partial charge in [-0.25, -0.2) is 4.90 Å². The van der Waals surface area contributed by atoms with Crippen molar-refractivity contribution in [3.63, 3.8) is 0 Å². The Bertz CT molecular complexity index is 1070. The average Bonchev–Trinajstić information content (AvgIpc) is 3.18. The first-order valence-electron chi connectivity index (χ1n) is 10.5. The third-order valence-corrected chi connectivity index (χ3v) is 7.03. The topological polar surface area (TPSA) is 90.6 Å². The molecule has 0 saturated carbocycles. The van der Waals surface area contributed by atoms with E-state index in [1.807, 2.05) is 45.0 Å². The Morgan fingerprint density at radius 2 is 1.70 bits per heavy atom. The number of aliphatic hydroxyl groups excluding tert-OH is 1. The highest BCUT2D eigenvalue weighted by molar-refractivity contribution is 6.26. The molecule has 2 aromatic carbocycles. The van der Waals surface area contributed by atoms with Crippen molar-refractivity contribution in [2.45, 2.75) is 51.2 Å². The van der Waals surface area contributed by atoms with Gasteiger partial charge in [0.1, 0.15) is 0 Å². The van der Waals surface area contributed by atoms with Crippen LogP contribution in [0.25, 0.3) is 10.8 Å². The van der Waals surface area contributed by atoms with Crippen LogP contribution in [0.1, 0.15) is 45.6 Å². The summed E-state index contributed by atoms with van der Waals surface area (Å²) in [7, 11) is 0. The maximum absolute atomic E-state index is 13.7. The van der Waals surface area contributed by atoms with Crippen LogP contribution in [-0.4, -0.2) is 34.7 Å². The molecule has 2 fully saturated rings. The molecule has 0 aromatic heterocycles. The Balaban J connectivity index is 1.90. The number of benzene rings is 2. The summed E-state index contributed by atoms with van der Waals surface area (Å²) in [5, 5.41) is 20.5. The molecule has 0 aliphatic carbocycles. The number of hydrogen-bond acceptors (Lipinski definition) is 5. The second-order valence-electron chi connectivity index (χ2n) is 8.42. The zero-order valence-electron chi connectivity index (χ0n) is 17.5. The lowest BCUT2D eigenvalue weighted by Crippen LogP contribution is -2.45. The van der Waals surface area contributed by atoms with Crippen molar-refractivity contribution in [1.82, 2.24) is 0 Å². The average molecular weight is 406 g/mol. The number of nitriles is 1. The van der Waals surface area contributed by atoms with Gasteiger partial charge in [0.25, 0.3) is 0 Å². The zero-order valence-corrected chi connectivity index (χ0v) is 17.5. The summed E-state index contributed by atoms with van der Waals surface area (Å²) in [5.74, 6) is -1.79. The number of fused-ring (bicyclic) bond motifs is 2. The number of amides is 2. The SMILES string of the molecule is CCC1(CC)OC(C)(CCO)C2C(=O)N(c3ccc(C#N)c4ccccc34)C(=O)C21. The second kappa shape index (κ2) is 7.19. The number of ether oxygens (including phenoxy) is 1. The van der Waals surface area contributed by atoms with E-state index in [1.54, 1.807) is 12.1 Å². The van der Waals surface area contributed by atoms with Gasteiger partial charge in [0.15, 0.2) is 0 Å². The molecule has 4 rings (SSSR count). The first kappa shape index (κ1) is 20.5. The van der Waals surface area contributed by atoms with Gasteiger partial charge >= 0.3 is 0 Å². The summed E-state index contributed by atoms with van der Waals surface area (Å²) in [6.45, 7) is 5.66. The minimum atomic E-state index is -0.907. The van der Waals surface area contributed by atoms with E-state index in [-0.39, 0.29) is 24.8 Å². The van der Waals surface area contributed by atoms with Crippen LogP contribution in [-0.2, 0) is 14.3 Å². The number of nitrogens with zero attached hydrogens (tertiary/aromatic N) is 2. The van der Waals surface area contributed by atoms with E-state index in [1.165, 1.54) is 4.90 Å². The fraction of sp³-hybridized carbons (Fsp3) is 0.458. The van der Waals surface area contributed by atoms with E-state index in [2.05, 4.69) is 6.07 Å². The maximum Gasteiger partial charge on any atom is 0.240 e. The van der Waals surface area contributed by atoms with E-state index in [9.17, 15) is 20.0 Å². The molecule has 2 aliphatic rings. The third-order valence-electron chi connectivity index (χ3n) is 7.03. The van der Waals surface area contributed by atoms with Crippen molar-refractivity contribution >= 4 is 28.3 Å². The Labute approximate surface area is 176 Å². The largest absolute Gasteiger partial charge is 0.396 e. The fourth-order valence-electron chi connectivity index (χ4n) is 5.48. The van der Waals surface area contributed by atoms with Crippen molar-refractivity contribution in [1.29, 1.82) is 5.26 Å². The van der Waals surface area contributed by atoms with Crippen LogP contribution >= 0.6 is 0 Å². The van der Waals surface area contributed by atoms with Crippen molar-refractivity contribution in [3.8, 4) is 6.07 Å². The lowest BCUT2D eigenvalue weighted by atomic mass is 9.74. The number of hydrogen-bond donors (Lipinski definition) is 1. The quantitative estimate of drug-likeness (QED) is 0.767. The molecular formula is C24H26N2O4. The second-order valence-corrected chi connectivity index (χ2v) is 8.42. The number of carbonyl (C=O) groups excluding carboxylic acids is 2. The Kier molecular flexibility index (Phi) is 4.92. The summed E-state index contributed by atoms with van der Waals surface area (Å²) < 4.78 is 6.42. The van der Waals surface area contributed by atoms with Gasteiger partial charge in [-0.05, 0) is 31.9 Å². The molecule has 156 valence electrons. The maximum atomic E-state index is 13.7. The van der Waals surface area contributed by atoms with Gasteiger partial charge in [0, 0.05) is 23.8 Å². The molecule has 6 nitrogen and oxygen atoms in total. The molecule has 0 radical (unpaired) electrons. The van der Waals surface area contributed by atoms with Gasteiger partial charge in [0.2, 0.25) is 11.8 Å². The number of imide groups is 1. The molecule has 6 heteroatoms. The molecule has 2 amide bonds. The van der Waals surface area contributed by atoms with E-state index >= 15 is 0 Å². The summed E-state index contributed by atoms with van der Waals surface area (Å²) in [4.78, 5) is 28.7. The van der Waals surface area contributed by atoms with Crippen LogP contribution in [0.5, 0.6) is 0 Å². The molecule has 2 heterocycles. The molecule has 2 aliphatic heterocycles. The van der Waals surface area contributed by atoms with Crippen LogP contribution in [0.15, 0.2) is 36.4 Å². The first-order valence-corrected chi connectivity index (χ1v) is 10.5. The van der Waals surface area contributed by atoms with E-state index in [0.29, 0.717) is 34.9 Å². The van der Waals surface area contributed by atoms with Crippen molar-refractivity contribution in [2.24, 2.45) is 11.8 Å². The summed E-state index contributed by atoms with van der Waals surface area (Å²) in [6.07, 6.45) is 1.50. The first-order chi connectivity index (χ1) is 14.4. The van der Waals surface area contributed by atoms with Crippen molar-refractivity contribution < 1.29 is 19.4 Å². The lowest BCUT2D eigenvalue weighted by Gasteiger charge is -2.35. The highest BCUT2D eigenvalue weighted by Crippen LogP contribution is 2.56.